The molecule has 0 aliphatic carbocycles. The molecule has 9 nitrogen and oxygen atoms in total. The van der Waals surface area contributed by atoms with E-state index in [-0.39, 0.29) is 43.3 Å². The molecule has 6 atom stereocenters. The zero-order valence-electron chi connectivity index (χ0n) is 29.6. The highest BCUT2D eigenvalue weighted by molar-refractivity contribution is 6.07. The monoisotopic (exact) mass is 679 g/mol. The summed E-state index contributed by atoms with van der Waals surface area (Å²) in [4.78, 5) is 50.1. The van der Waals surface area contributed by atoms with Crippen molar-refractivity contribution < 1.29 is 29.0 Å². The Morgan fingerprint density at radius 3 is 2.20 bits per heavy atom. The normalized spacial score (nSPS) is 25.8. The standard InChI is InChI=1S/C41H49N3O6/c1-7-23-42(30-17-19-32(20-18-30)49-10-4)37(46)34-35-38(47)44(33(26-45)27(5)6)36(41(35)22-21-40(34,9-3)50-41)39(48)43(24-8-2)31-16-15-28-13-11-12-14-29(28)25-31/h7-8,11-20,25,27,33-36,45H,1-2,9-10,21-24,26H2,3-6H3/t33-,34+,35-,36?,40-,41?/m0/s1. The lowest BCUT2D eigenvalue weighted by atomic mass is 9.64. The number of rotatable bonds is 14. The number of fused-ring (bicyclic) bond motifs is 2. The highest BCUT2D eigenvalue weighted by Crippen LogP contribution is 2.65. The lowest BCUT2D eigenvalue weighted by Crippen LogP contribution is -2.60. The van der Waals surface area contributed by atoms with Crippen LogP contribution in [0.5, 0.6) is 5.75 Å². The van der Waals surface area contributed by atoms with E-state index >= 15 is 9.59 Å². The molecule has 2 unspecified atom stereocenters. The van der Waals surface area contributed by atoms with Gasteiger partial charge in [0.05, 0.1) is 36.7 Å². The second-order valence-corrected chi connectivity index (χ2v) is 14.0. The van der Waals surface area contributed by atoms with Crippen LogP contribution in [0.1, 0.15) is 47.0 Å². The van der Waals surface area contributed by atoms with Crippen LogP contribution in [0, 0.1) is 17.8 Å². The summed E-state index contributed by atoms with van der Waals surface area (Å²) in [5, 5.41) is 12.8. The molecule has 3 aromatic carbocycles. The Balaban J connectivity index is 1.47. The highest BCUT2D eigenvalue weighted by atomic mass is 16.5. The molecular formula is C41H49N3O6. The van der Waals surface area contributed by atoms with E-state index in [1.54, 1.807) is 26.9 Å². The van der Waals surface area contributed by atoms with Crippen LogP contribution in [0.4, 0.5) is 11.4 Å². The average Bonchev–Trinajstić information content (AvgIpc) is 3.73. The van der Waals surface area contributed by atoms with Crippen molar-refractivity contribution in [3.8, 4) is 5.75 Å². The molecular weight excluding hydrogens is 630 g/mol. The van der Waals surface area contributed by atoms with Gasteiger partial charge in [0.2, 0.25) is 11.8 Å². The first-order valence-electron chi connectivity index (χ1n) is 17.8. The van der Waals surface area contributed by atoms with Crippen LogP contribution >= 0.6 is 0 Å². The largest absolute Gasteiger partial charge is 0.494 e. The molecule has 3 aromatic rings. The first kappa shape index (κ1) is 35.4. The van der Waals surface area contributed by atoms with Crippen LogP contribution in [0.25, 0.3) is 10.8 Å². The minimum atomic E-state index is -1.26. The third kappa shape index (κ3) is 5.60. The third-order valence-electron chi connectivity index (χ3n) is 11.1. The maximum Gasteiger partial charge on any atom is 0.253 e. The first-order chi connectivity index (χ1) is 24.1. The molecule has 264 valence electrons. The number of carbonyl (C=O) groups is 3. The molecule has 3 fully saturated rings. The van der Waals surface area contributed by atoms with Gasteiger partial charge in [-0.3, -0.25) is 14.4 Å². The van der Waals surface area contributed by atoms with Gasteiger partial charge in [0.15, 0.2) is 0 Å². The Bertz CT molecular complexity index is 1770. The van der Waals surface area contributed by atoms with Crippen molar-refractivity contribution in [1.82, 2.24) is 4.90 Å². The maximum atomic E-state index is 15.2. The minimum Gasteiger partial charge on any atom is -0.494 e. The lowest BCUT2D eigenvalue weighted by molar-refractivity contribution is -0.150. The Morgan fingerprint density at radius 1 is 0.960 bits per heavy atom. The van der Waals surface area contributed by atoms with Gasteiger partial charge in [-0.05, 0) is 79.3 Å². The van der Waals surface area contributed by atoms with E-state index in [1.165, 1.54) is 0 Å². The van der Waals surface area contributed by atoms with Gasteiger partial charge < -0.3 is 29.3 Å². The summed E-state index contributed by atoms with van der Waals surface area (Å²) in [7, 11) is 0. The Kier molecular flexibility index (Phi) is 9.93. The molecule has 3 aliphatic rings. The quantitative estimate of drug-likeness (QED) is 0.205. The molecule has 6 rings (SSSR count). The maximum absolute atomic E-state index is 15.2. The Hall–Kier alpha value is -4.47. The van der Waals surface area contributed by atoms with Gasteiger partial charge in [-0.15, -0.1) is 13.2 Å². The molecule has 3 heterocycles. The Morgan fingerprint density at radius 2 is 1.60 bits per heavy atom. The molecule has 0 aromatic heterocycles. The number of hydrogen-bond donors (Lipinski definition) is 1. The van der Waals surface area contributed by atoms with Crippen LogP contribution in [-0.2, 0) is 19.1 Å². The number of carbonyl (C=O) groups excluding carboxylic acids is 3. The third-order valence-corrected chi connectivity index (χ3v) is 11.1. The molecule has 9 heteroatoms. The molecule has 50 heavy (non-hydrogen) atoms. The van der Waals surface area contributed by atoms with Gasteiger partial charge in [0.25, 0.3) is 5.91 Å². The van der Waals surface area contributed by atoms with Gasteiger partial charge in [-0.1, -0.05) is 63.3 Å². The summed E-state index contributed by atoms with van der Waals surface area (Å²) in [5.74, 6) is -2.13. The fourth-order valence-electron chi connectivity index (χ4n) is 8.74. The van der Waals surface area contributed by atoms with Crippen molar-refractivity contribution in [3.05, 3.63) is 92.0 Å². The minimum absolute atomic E-state index is 0.171. The fourth-order valence-corrected chi connectivity index (χ4v) is 8.74. The smallest absolute Gasteiger partial charge is 0.253 e. The van der Waals surface area contributed by atoms with Gasteiger partial charge in [0.1, 0.15) is 17.4 Å². The number of benzene rings is 3. The zero-order chi connectivity index (χ0) is 35.8. The van der Waals surface area contributed by atoms with Crippen LogP contribution in [0.2, 0.25) is 0 Å². The van der Waals surface area contributed by atoms with E-state index in [4.69, 9.17) is 9.47 Å². The molecule has 2 bridgehead atoms. The van der Waals surface area contributed by atoms with Gasteiger partial charge in [0, 0.05) is 24.5 Å². The van der Waals surface area contributed by atoms with Crippen LogP contribution in [-0.4, -0.2) is 77.3 Å². The van der Waals surface area contributed by atoms with Gasteiger partial charge in [-0.25, -0.2) is 0 Å². The van der Waals surface area contributed by atoms with E-state index in [9.17, 15) is 9.90 Å². The predicted molar refractivity (Wildman–Crippen MR) is 196 cm³/mol. The highest BCUT2D eigenvalue weighted by Gasteiger charge is 2.79. The van der Waals surface area contributed by atoms with E-state index in [0.29, 0.717) is 43.0 Å². The number of likely N-dealkylation sites (tertiary alicyclic amines) is 1. The van der Waals surface area contributed by atoms with Crippen LogP contribution in [0.3, 0.4) is 0 Å². The molecule has 3 aliphatic heterocycles. The number of hydrogen-bond acceptors (Lipinski definition) is 6. The molecule has 1 N–H and O–H groups in total. The second kappa shape index (κ2) is 14.0. The molecule has 3 amide bonds. The number of anilines is 2. The SMILES string of the molecule is C=CCN(C(=O)C1N([C@@H](CO)C(C)C)C(=O)[C@@H]2[C@H](C(=O)N(CC=C)c3ccc(OCC)cc3)[C@]3(CC)CCC12O3)c1ccc2ccccc2c1. The van der Waals surface area contributed by atoms with Crippen LogP contribution in [0.15, 0.2) is 92.0 Å². The van der Waals surface area contributed by atoms with Crippen molar-refractivity contribution in [2.24, 2.45) is 17.8 Å². The molecule has 0 saturated carbocycles. The number of nitrogens with zero attached hydrogens (tertiary/aromatic N) is 3. The van der Waals surface area contributed by atoms with Gasteiger partial charge >= 0.3 is 0 Å². The summed E-state index contributed by atoms with van der Waals surface area (Å²) in [6.45, 7) is 16.2. The second-order valence-electron chi connectivity index (χ2n) is 14.0. The first-order valence-corrected chi connectivity index (χ1v) is 17.8. The molecule has 3 saturated heterocycles. The predicted octanol–water partition coefficient (Wildman–Crippen LogP) is 6.15. The number of ether oxygens (including phenoxy) is 2. The number of aliphatic hydroxyl groups is 1. The number of amides is 3. The summed E-state index contributed by atoms with van der Waals surface area (Å²) < 4.78 is 12.7. The number of aliphatic hydroxyl groups excluding tert-OH is 1. The van der Waals surface area contributed by atoms with E-state index in [1.807, 2.05) is 94.4 Å². The topological polar surface area (TPSA) is 99.6 Å². The van der Waals surface area contributed by atoms with E-state index < -0.39 is 35.1 Å². The van der Waals surface area contributed by atoms with E-state index in [0.717, 1.165) is 10.8 Å². The molecule has 1 spiro atoms. The lowest BCUT2D eigenvalue weighted by Gasteiger charge is -2.40. The summed E-state index contributed by atoms with van der Waals surface area (Å²) in [6.07, 6.45) is 4.80. The van der Waals surface area contributed by atoms with Crippen molar-refractivity contribution in [3.63, 3.8) is 0 Å². The van der Waals surface area contributed by atoms with Gasteiger partial charge in [-0.2, -0.15) is 0 Å². The Labute approximate surface area is 295 Å². The zero-order valence-corrected chi connectivity index (χ0v) is 29.6. The average molecular weight is 680 g/mol. The van der Waals surface area contributed by atoms with Crippen molar-refractivity contribution in [2.75, 3.05) is 36.1 Å². The van der Waals surface area contributed by atoms with Crippen molar-refractivity contribution >= 4 is 39.9 Å². The van der Waals surface area contributed by atoms with Crippen LogP contribution < -0.4 is 14.5 Å². The summed E-state index contributed by atoms with van der Waals surface area (Å²) >= 11 is 0. The fraction of sp³-hybridized carbons (Fsp3) is 0.439. The van der Waals surface area contributed by atoms with E-state index in [2.05, 4.69) is 13.2 Å². The molecule has 0 radical (unpaired) electrons. The summed E-state index contributed by atoms with van der Waals surface area (Å²) in [6, 6.07) is 19.4. The summed E-state index contributed by atoms with van der Waals surface area (Å²) in [5.41, 5.74) is -0.878. The van der Waals surface area contributed by atoms with Crippen molar-refractivity contribution in [2.45, 2.75) is 70.2 Å². The van der Waals surface area contributed by atoms with Crippen molar-refractivity contribution in [1.29, 1.82) is 0 Å².